The van der Waals surface area contributed by atoms with E-state index in [0.717, 1.165) is 11.1 Å². The van der Waals surface area contributed by atoms with Crippen LogP contribution in [0.25, 0.3) is 11.6 Å². The van der Waals surface area contributed by atoms with Crippen molar-refractivity contribution in [2.45, 2.75) is 0 Å². The van der Waals surface area contributed by atoms with Gasteiger partial charge in [-0.25, -0.2) is 4.79 Å². The van der Waals surface area contributed by atoms with E-state index in [1.165, 1.54) is 7.11 Å². The van der Waals surface area contributed by atoms with Crippen molar-refractivity contribution in [1.29, 1.82) is 5.26 Å². The van der Waals surface area contributed by atoms with E-state index in [0.29, 0.717) is 22.1 Å². The smallest absolute Gasteiger partial charge is 0.349 e. The van der Waals surface area contributed by atoms with Crippen LogP contribution in [-0.4, -0.2) is 19.7 Å². The average molecular weight is 420 g/mol. The van der Waals surface area contributed by atoms with Crippen molar-refractivity contribution in [3.05, 3.63) is 88.9 Å². The molecule has 0 aromatic heterocycles. The van der Waals surface area contributed by atoms with Gasteiger partial charge in [0.2, 0.25) is 0 Å². The molecule has 0 saturated carbocycles. The Labute approximate surface area is 179 Å². The number of nitriles is 1. The Morgan fingerprint density at radius 2 is 1.73 bits per heavy atom. The number of rotatable bonds is 7. The highest BCUT2D eigenvalue weighted by atomic mass is 35.5. The number of carbonyl (C=O) groups is 1. The summed E-state index contributed by atoms with van der Waals surface area (Å²) >= 11 is 6.01. The van der Waals surface area contributed by atoms with Crippen LogP contribution in [0.15, 0.2) is 72.8 Å². The summed E-state index contributed by atoms with van der Waals surface area (Å²) in [7, 11) is 1.48. The number of para-hydroxylation sites is 1. The van der Waals surface area contributed by atoms with Gasteiger partial charge in [-0.3, -0.25) is 0 Å². The third-order valence-electron chi connectivity index (χ3n) is 4.11. The molecule has 0 saturated heterocycles. The standard InChI is InChI=1S/C24H18ClNO4/c1-28-23-14-17(13-19(15-26)18-7-3-2-4-8-18)11-12-22(23)30-24(27)16-29-21-10-6-5-9-20(21)25/h2-14H,16H2,1H3/b19-13+. The molecule has 0 bridgehead atoms. The van der Waals surface area contributed by atoms with Crippen molar-refractivity contribution in [1.82, 2.24) is 0 Å². The highest BCUT2D eigenvalue weighted by Gasteiger charge is 2.13. The molecule has 6 heteroatoms. The molecule has 0 heterocycles. The SMILES string of the molecule is COc1cc(/C=C(\C#N)c2ccccc2)ccc1OC(=O)COc1ccccc1Cl. The van der Waals surface area contributed by atoms with Gasteiger partial charge in [0.05, 0.1) is 23.8 Å². The third kappa shape index (κ3) is 5.40. The molecule has 0 aliphatic rings. The highest BCUT2D eigenvalue weighted by molar-refractivity contribution is 6.32. The number of hydrogen-bond acceptors (Lipinski definition) is 5. The number of esters is 1. The van der Waals surface area contributed by atoms with Crippen molar-refractivity contribution >= 4 is 29.2 Å². The zero-order chi connectivity index (χ0) is 21.3. The van der Waals surface area contributed by atoms with Gasteiger partial charge in [0.1, 0.15) is 5.75 Å². The Kier molecular flexibility index (Phi) is 7.09. The molecule has 0 spiro atoms. The zero-order valence-corrected chi connectivity index (χ0v) is 16.9. The number of allylic oxidation sites excluding steroid dienone is 1. The predicted molar refractivity (Wildman–Crippen MR) is 116 cm³/mol. The number of benzene rings is 3. The van der Waals surface area contributed by atoms with Crippen molar-refractivity contribution in [2.24, 2.45) is 0 Å². The van der Waals surface area contributed by atoms with E-state index in [1.807, 2.05) is 30.3 Å². The van der Waals surface area contributed by atoms with E-state index in [4.69, 9.17) is 25.8 Å². The van der Waals surface area contributed by atoms with E-state index in [-0.39, 0.29) is 12.4 Å². The fourth-order valence-electron chi connectivity index (χ4n) is 2.67. The first-order valence-electron chi connectivity index (χ1n) is 9.04. The van der Waals surface area contributed by atoms with Crippen LogP contribution in [0.5, 0.6) is 17.2 Å². The monoisotopic (exact) mass is 419 g/mol. The van der Waals surface area contributed by atoms with Gasteiger partial charge in [0.25, 0.3) is 0 Å². The first-order chi connectivity index (χ1) is 14.6. The highest BCUT2D eigenvalue weighted by Crippen LogP contribution is 2.30. The Balaban J connectivity index is 1.72. The van der Waals surface area contributed by atoms with E-state index >= 15 is 0 Å². The Morgan fingerprint density at radius 3 is 2.43 bits per heavy atom. The van der Waals surface area contributed by atoms with Crippen LogP contribution in [0.1, 0.15) is 11.1 Å². The van der Waals surface area contributed by atoms with Crippen molar-refractivity contribution in [2.75, 3.05) is 13.7 Å². The van der Waals surface area contributed by atoms with Crippen molar-refractivity contribution < 1.29 is 19.0 Å². The van der Waals surface area contributed by atoms with E-state index in [9.17, 15) is 10.1 Å². The molecule has 5 nitrogen and oxygen atoms in total. The van der Waals surface area contributed by atoms with Crippen molar-refractivity contribution in [3.8, 4) is 23.3 Å². The number of ether oxygens (including phenoxy) is 3. The third-order valence-corrected chi connectivity index (χ3v) is 4.42. The summed E-state index contributed by atoms with van der Waals surface area (Å²) in [6.07, 6.45) is 1.74. The molecule has 0 aliphatic carbocycles. The maximum absolute atomic E-state index is 12.2. The number of methoxy groups -OCH3 is 1. The van der Waals surface area contributed by atoms with Crippen LogP contribution in [0.4, 0.5) is 0 Å². The predicted octanol–water partition coefficient (Wildman–Crippen LogP) is 5.40. The lowest BCUT2D eigenvalue weighted by Gasteiger charge is -2.11. The van der Waals surface area contributed by atoms with Gasteiger partial charge in [0.15, 0.2) is 18.1 Å². The number of nitrogens with zero attached hydrogens (tertiary/aromatic N) is 1. The second kappa shape index (κ2) is 10.1. The van der Waals surface area contributed by atoms with Crippen molar-refractivity contribution in [3.63, 3.8) is 0 Å². The first-order valence-corrected chi connectivity index (χ1v) is 9.42. The molecule has 3 rings (SSSR count). The second-order valence-electron chi connectivity index (χ2n) is 6.14. The zero-order valence-electron chi connectivity index (χ0n) is 16.2. The molecule has 0 atom stereocenters. The van der Waals surface area contributed by atoms with E-state index in [1.54, 1.807) is 48.5 Å². The molecule has 150 valence electrons. The molecular weight excluding hydrogens is 402 g/mol. The molecule has 3 aromatic carbocycles. The minimum atomic E-state index is -0.599. The fourth-order valence-corrected chi connectivity index (χ4v) is 2.86. The van der Waals surface area contributed by atoms with Crippen LogP contribution in [0.3, 0.4) is 0 Å². The van der Waals surface area contributed by atoms with E-state index in [2.05, 4.69) is 6.07 Å². The van der Waals surface area contributed by atoms with Gasteiger partial charge in [0, 0.05) is 0 Å². The summed E-state index contributed by atoms with van der Waals surface area (Å²) in [6, 6.07) is 23.4. The summed E-state index contributed by atoms with van der Waals surface area (Å²) in [5.74, 6) is 0.410. The van der Waals surface area contributed by atoms with Crippen LogP contribution < -0.4 is 14.2 Å². The van der Waals surface area contributed by atoms with Gasteiger partial charge in [-0.1, -0.05) is 60.1 Å². The molecule has 3 aromatic rings. The summed E-state index contributed by atoms with van der Waals surface area (Å²) in [5.41, 5.74) is 2.06. The Hall–Kier alpha value is -3.75. The Morgan fingerprint density at radius 1 is 1.00 bits per heavy atom. The van der Waals surface area contributed by atoms with Crippen LogP contribution in [0.2, 0.25) is 5.02 Å². The molecule has 0 fully saturated rings. The van der Waals surface area contributed by atoms with Gasteiger partial charge < -0.3 is 14.2 Å². The molecular formula is C24H18ClNO4. The molecule has 30 heavy (non-hydrogen) atoms. The number of carbonyl (C=O) groups excluding carboxylic acids is 1. The molecule has 0 aliphatic heterocycles. The normalized spacial score (nSPS) is 10.8. The number of hydrogen-bond donors (Lipinski definition) is 0. The van der Waals surface area contributed by atoms with Gasteiger partial charge in [-0.2, -0.15) is 5.26 Å². The first kappa shape index (κ1) is 21.0. The van der Waals surface area contributed by atoms with Gasteiger partial charge in [-0.15, -0.1) is 0 Å². The maximum atomic E-state index is 12.2. The van der Waals surface area contributed by atoms with E-state index < -0.39 is 5.97 Å². The quantitative estimate of drug-likeness (QED) is 0.222. The summed E-state index contributed by atoms with van der Waals surface area (Å²) in [6.45, 7) is -0.304. The topological polar surface area (TPSA) is 68.5 Å². The lowest BCUT2D eigenvalue weighted by Crippen LogP contribution is -2.18. The Bertz CT molecular complexity index is 1100. The lowest BCUT2D eigenvalue weighted by atomic mass is 10.0. The molecule has 0 radical (unpaired) electrons. The molecule has 0 unspecified atom stereocenters. The largest absolute Gasteiger partial charge is 0.493 e. The maximum Gasteiger partial charge on any atom is 0.349 e. The van der Waals surface area contributed by atoms with Gasteiger partial charge >= 0.3 is 5.97 Å². The van der Waals surface area contributed by atoms with Crippen LogP contribution in [0, 0.1) is 11.3 Å². The minimum absolute atomic E-state index is 0.251. The summed E-state index contributed by atoms with van der Waals surface area (Å²) in [4.78, 5) is 12.2. The molecule has 0 amide bonds. The fraction of sp³-hybridized carbons (Fsp3) is 0.0833. The number of halogens is 1. The molecule has 0 N–H and O–H groups in total. The van der Waals surface area contributed by atoms with Crippen LogP contribution >= 0.6 is 11.6 Å². The summed E-state index contributed by atoms with van der Waals surface area (Å²) < 4.78 is 16.1. The van der Waals surface area contributed by atoms with Crippen LogP contribution in [-0.2, 0) is 4.79 Å². The second-order valence-corrected chi connectivity index (χ2v) is 6.55. The van der Waals surface area contributed by atoms with Gasteiger partial charge in [-0.05, 0) is 41.5 Å². The lowest BCUT2D eigenvalue weighted by molar-refractivity contribution is -0.136. The summed E-state index contributed by atoms with van der Waals surface area (Å²) in [5, 5.41) is 9.88. The average Bonchev–Trinajstić information content (AvgIpc) is 2.78. The minimum Gasteiger partial charge on any atom is -0.493 e.